The molecular formula is C17H24N4O2. The quantitative estimate of drug-likeness (QED) is 0.802. The molecule has 4 atom stereocenters. The Labute approximate surface area is 136 Å². The second kappa shape index (κ2) is 6.20. The Bertz CT molecular complexity index is 671. The molecule has 2 aromatic rings. The molecule has 0 aromatic carbocycles. The first kappa shape index (κ1) is 15.8. The van der Waals surface area contributed by atoms with Crippen LogP contribution in [0.1, 0.15) is 26.0 Å². The van der Waals surface area contributed by atoms with Crippen molar-refractivity contribution in [1.82, 2.24) is 9.97 Å². The van der Waals surface area contributed by atoms with Crippen molar-refractivity contribution in [2.45, 2.75) is 33.2 Å². The number of nitrogens with zero attached hydrogens (tertiary/aromatic N) is 2. The fraction of sp³-hybridized carbons (Fsp3) is 0.529. The third kappa shape index (κ3) is 2.91. The zero-order chi connectivity index (χ0) is 16.6. The molecule has 2 aromatic heterocycles. The number of nitrogen functional groups attached to an aromatic ring is 1. The zero-order valence-corrected chi connectivity index (χ0v) is 13.8. The lowest BCUT2D eigenvalue weighted by Crippen LogP contribution is -2.25. The van der Waals surface area contributed by atoms with E-state index in [1.165, 1.54) is 0 Å². The van der Waals surface area contributed by atoms with Gasteiger partial charge in [0.15, 0.2) is 0 Å². The Kier molecular flexibility index (Phi) is 4.26. The van der Waals surface area contributed by atoms with E-state index < -0.39 is 0 Å². The molecule has 6 heteroatoms. The molecule has 3 rings (SSSR count). The largest absolute Gasteiger partial charge is 0.464 e. The first-order chi connectivity index (χ1) is 11.0. The highest BCUT2D eigenvalue weighted by atomic mass is 16.3. The van der Waals surface area contributed by atoms with Crippen LogP contribution in [0.15, 0.2) is 22.8 Å². The third-order valence-electron chi connectivity index (χ3n) is 5.20. The van der Waals surface area contributed by atoms with Crippen LogP contribution >= 0.6 is 0 Å². The molecule has 1 saturated carbocycles. The van der Waals surface area contributed by atoms with E-state index in [9.17, 15) is 5.11 Å². The first-order valence-corrected chi connectivity index (χ1v) is 8.06. The average molecular weight is 316 g/mol. The number of aliphatic hydroxyl groups is 1. The summed E-state index contributed by atoms with van der Waals surface area (Å²) in [6.45, 7) is 6.53. The van der Waals surface area contributed by atoms with Crippen LogP contribution in [0.2, 0.25) is 0 Å². The standard InChI is InChI=1S/C17H24N4O2/c1-9-10(2)13(7-12(9)8-22)20-16-15(14-5-4-6-23-14)11(3)19-17(18)21-16/h4-6,9-10,12-13,22H,7-8H2,1-3H3,(H3,18,19,20,21)/t9-,10+,12+,13+/m0/s1. The summed E-state index contributed by atoms with van der Waals surface area (Å²) in [5.41, 5.74) is 7.47. The highest BCUT2D eigenvalue weighted by molar-refractivity contribution is 5.74. The normalized spacial score (nSPS) is 27.3. The van der Waals surface area contributed by atoms with Gasteiger partial charge in [0.05, 0.1) is 17.5 Å². The number of rotatable bonds is 4. The van der Waals surface area contributed by atoms with E-state index in [-0.39, 0.29) is 18.6 Å². The number of anilines is 2. The minimum absolute atomic E-state index is 0.222. The molecule has 1 aliphatic carbocycles. The van der Waals surface area contributed by atoms with E-state index in [1.54, 1.807) is 6.26 Å². The summed E-state index contributed by atoms with van der Waals surface area (Å²) in [5, 5.41) is 13.1. The molecule has 0 bridgehead atoms. The lowest BCUT2D eigenvalue weighted by Gasteiger charge is -2.22. The molecule has 0 radical (unpaired) electrons. The van der Waals surface area contributed by atoms with Gasteiger partial charge in [-0.2, -0.15) is 4.98 Å². The van der Waals surface area contributed by atoms with Crippen LogP contribution in [0.3, 0.4) is 0 Å². The van der Waals surface area contributed by atoms with Gasteiger partial charge in [-0.3, -0.25) is 0 Å². The number of aliphatic hydroxyl groups excluding tert-OH is 1. The molecule has 0 aliphatic heterocycles. The molecule has 0 spiro atoms. The molecule has 124 valence electrons. The molecule has 1 aliphatic rings. The highest BCUT2D eigenvalue weighted by Crippen LogP contribution is 2.39. The Hall–Kier alpha value is -2.08. The first-order valence-electron chi connectivity index (χ1n) is 8.06. The molecule has 1 fully saturated rings. The smallest absolute Gasteiger partial charge is 0.222 e. The molecule has 6 nitrogen and oxygen atoms in total. The van der Waals surface area contributed by atoms with Crippen LogP contribution in [0, 0.1) is 24.7 Å². The van der Waals surface area contributed by atoms with E-state index in [1.807, 2.05) is 19.1 Å². The second-order valence-electron chi connectivity index (χ2n) is 6.52. The van der Waals surface area contributed by atoms with Gasteiger partial charge in [0.1, 0.15) is 11.6 Å². The van der Waals surface area contributed by atoms with Gasteiger partial charge in [-0.25, -0.2) is 4.98 Å². The Balaban J connectivity index is 1.94. The Morgan fingerprint density at radius 2 is 2.13 bits per heavy atom. The van der Waals surface area contributed by atoms with Gasteiger partial charge in [0, 0.05) is 12.6 Å². The van der Waals surface area contributed by atoms with Gasteiger partial charge in [0.2, 0.25) is 5.95 Å². The summed E-state index contributed by atoms with van der Waals surface area (Å²) in [6, 6.07) is 3.98. The van der Waals surface area contributed by atoms with E-state index in [0.29, 0.717) is 23.6 Å². The van der Waals surface area contributed by atoms with E-state index >= 15 is 0 Å². The molecular weight excluding hydrogens is 292 g/mol. The van der Waals surface area contributed by atoms with Crippen LogP contribution in [-0.4, -0.2) is 27.7 Å². The van der Waals surface area contributed by atoms with Crippen molar-refractivity contribution >= 4 is 11.8 Å². The van der Waals surface area contributed by atoms with Gasteiger partial charge >= 0.3 is 0 Å². The van der Waals surface area contributed by atoms with Crippen molar-refractivity contribution in [3.8, 4) is 11.3 Å². The summed E-state index contributed by atoms with van der Waals surface area (Å²) >= 11 is 0. The number of aromatic nitrogens is 2. The monoisotopic (exact) mass is 316 g/mol. The molecule has 0 amide bonds. The maximum Gasteiger partial charge on any atom is 0.222 e. The number of hydrogen-bond donors (Lipinski definition) is 3. The Morgan fingerprint density at radius 3 is 2.74 bits per heavy atom. The van der Waals surface area contributed by atoms with Crippen molar-refractivity contribution in [3.05, 3.63) is 24.1 Å². The minimum atomic E-state index is 0.222. The predicted molar refractivity (Wildman–Crippen MR) is 89.8 cm³/mol. The molecule has 23 heavy (non-hydrogen) atoms. The second-order valence-corrected chi connectivity index (χ2v) is 6.52. The van der Waals surface area contributed by atoms with Crippen LogP contribution < -0.4 is 11.1 Å². The van der Waals surface area contributed by atoms with E-state index in [2.05, 4.69) is 29.1 Å². The van der Waals surface area contributed by atoms with Crippen molar-refractivity contribution < 1.29 is 9.52 Å². The van der Waals surface area contributed by atoms with Crippen molar-refractivity contribution in [2.75, 3.05) is 17.7 Å². The van der Waals surface area contributed by atoms with Gasteiger partial charge in [0.25, 0.3) is 0 Å². The third-order valence-corrected chi connectivity index (χ3v) is 5.20. The van der Waals surface area contributed by atoms with Crippen molar-refractivity contribution in [3.63, 3.8) is 0 Å². The van der Waals surface area contributed by atoms with Crippen LogP contribution in [0.4, 0.5) is 11.8 Å². The van der Waals surface area contributed by atoms with Gasteiger partial charge in [-0.05, 0) is 43.2 Å². The fourth-order valence-corrected chi connectivity index (χ4v) is 3.57. The predicted octanol–water partition coefficient (Wildman–Crippen LogP) is 2.69. The number of nitrogens with one attached hydrogen (secondary N) is 1. The summed E-state index contributed by atoms with van der Waals surface area (Å²) in [5.74, 6) is 2.89. The summed E-state index contributed by atoms with van der Waals surface area (Å²) in [4.78, 5) is 8.65. The Morgan fingerprint density at radius 1 is 1.35 bits per heavy atom. The van der Waals surface area contributed by atoms with E-state index in [4.69, 9.17) is 10.2 Å². The SMILES string of the molecule is Cc1nc(N)nc(N[C@@H]2C[C@H](CO)[C@@H](C)[C@H]2C)c1-c1ccco1. The van der Waals surface area contributed by atoms with Gasteiger partial charge in [-0.15, -0.1) is 0 Å². The molecule has 2 heterocycles. The van der Waals surface area contributed by atoms with Gasteiger partial charge in [-0.1, -0.05) is 13.8 Å². The van der Waals surface area contributed by atoms with Crippen LogP contribution in [-0.2, 0) is 0 Å². The lowest BCUT2D eigenvalue weighted by molar-refractivity contribution is 0.191. The molecule has 4 N–H and O–H groups in total. The number of aryl methyl sites for hydroxylation is 1. The average Bonchev–Trinajstić information content (AvgIpc) is 3.11. The maximum atomic E-state index is 9.54. The fourth-order valence-electron chi connectivity index (χ4n) is 3.57. The van der Waals surface area contributed by atoms with Crippen LogP contribution in [0.25, 0.3) is 11.3 Å². The summed E-state index contributed by atoms with van der Waals surface area (Å²) < 4.78 is 5.53. The van der Waals surface area contributed by atoms with E-state index in [0.717, 1.165) is 23.4 Å². The van der Waals surface area contributed by atoms with Crippen molar-refractivity contribution in [2.24, 2.45) is 17.8 Å². The summed E-state index contributed by atoms with van der Waals surface area (Å²) in [6.07, 6.45) is 2.55. The minimum Gasteiger partial charge on any atom is -0.464 e. The number of hydrogen-bond acceptors (Lipinski definition) is 6. The zero-order valence-electron chi connectivity index (χ0n) is 13.8. The number of furan rings is 1. The maximum absolute atomic E-state index is 9.54. The van der Waals surface area contributed by atoms with Crippen LogP contribution in [0.5, 0.6) is 0 Å². The topological polar surface area (TPSA) is 97.2 Å². The molecule has 0 saturated heterocycles. The lowest BCUT2D eigenvalue weighted by atomic mass is 9.92. The highest BCUT2D eigenvalue weighted by Gasteiger charge is 2.38. The number of nitrogens with two attached hydrogens (primary N) is 1. The van der Waals surface area contributed by atoms with Crippen molar-refractivity contribution in [1.29, 1.82) is 0 Å². The van der Waals surface area contributed by atoms with Gasteiger partial charge < -0.3 is 20.6 Å². The molecule has 0 unspecified atom stereocenters. The summed E-state index contributed by atoms with van der Waals surface area (Å²) in [7, 11) is 0.